The van der Waals surface area contributed by atoms with Crippen LogP contribution in [0.4, 0.5) is 4.39 Å². The molecule has 0 aliphatic heterocycles. The summed E-state index contributed by atoms with van der Waals surface area (Å²) < 4.78 is 22.7. The Hall–Kier alpha value is -1.42. The van der Waals surface area contributed by atoms with Gasteiger partial charge in [0, 0.05) is 7.11 Å². The molecule has 0 saturated carbocycles. The monoisotopic (exact) mass is 184 g/mol. The first-order valence-electron chi connectivity index (χ1n) is 3.65. The van der Waals surface area contributed by atoms with Crippen molar-refractivity contribution in [1.29, 1.82) is 0 Å². The molecule has 0 fully saturated rings. The number of ether oxygens (including phenoxy) is 2. The second-order valence-corrected chi connectivity index (χ2v) is 2.33. The minimum absolute atomic E-state index is 0.0198. The van der Waals surface area contributed by atoms with Crippen molar-refractivity contribution in [2.24, 2.45) is 0 Å². The molecular formula is C9H9FO3. The third-order valence-electron chi connectivity index (χ3n) is 1.45. The van der Waals surface area contributed by atoms with Crippen LogP contribution in [0.2, 0.25) is 0 Å². The first-order chi connectivity index (χ1) is 6.29. The molecule has 0 radical (unpaired) electrons. The number of hydrogen-bond acceptors (Lipinski definition) is 3. The molecule has 70 valence electrons. The molecule has 0 atom stereocenters. The maximum atomic E-state index is 13.2. The lowest BCUT2D eigenvalue weighted by molar-refractivity contribution is 0.0481. The number of hydrogen-bond donors (Lipinski definition) is 0. The topological polar surface area (TPSA) is 35.5 Å². The van der Waals surface area contributed by atoms with Gasteiger partial charge in [0.25, 0.3) is 0 Å². The highest BCUT2D eigenvalue weighted by Gasteiger charge is 2.07. The zero-order chi connectivity index (χ0) is 9.68. The predicted octanol–water partition coefficient (Wildman–Crippen LogP) is 1.62. The molecule has 1 rings (SSSR count). The van der Waals surface area contributed by atoms with E-state index in [1.165, 1.54) is 25.3 Å². The largest absolute Gasteiger partial charge is 0.464 e. The van der Waals surface area contributed by atoms with Crippen LogP contribution in [0.15, 0.2) is 18.2 Å². The molecule has 0 aliphatic rings. The molecule has 3 nitrogen and oxygen atoms in total. The highest BCUT2D eigenvalue weighted by atomic mass is 19.1. The Labute approximate surface area is 75.1 Å². The molecule has 0 saturated heterocycles. The van der Waals surface area contributed by atoms with E-state index in [9.17, 15) is 9.18 Å². The number of aldehydes is 1. The van der Waals surface area contributed by atoms with Crippen LogP contribution in [0, 0.1) is 5.82 Å². The lowest BCUT2D eigenvalue weighted by atomic mass is 10.2. The maximum absolute atomic E-state index is 13.2. The lowest BCUT2D eigenvalue weighted by Gasteiger charge is -2.05. The third-order valence-corrected chi connectivity index (χ3v) is 1.45. The van der Waals surface area contributed by atoms with E-state index < -0.39 is 5.82 Å². The highest BCUT2D eigenvalue weighted by Crippen LogP contribution is 2.18. The third kappa shape index (κ3) is 2.26. The van der Waals surface area contributed by atoms with E-state index >= 15 is 0 Å². The van der Waals surface area contributed by atoms with E-state index in [0.29, 0.717) is 6.29 Å². The molecule has 0 amide bonds. The van der Waals surface area contributed by atoms with E-state index in [0.717, 1.165) is 0 Å². The SMILES string of the molecule is COCOc1cccc(C=O)c1F. The van der Waals surface area contributed by atoms with Crippen LogP contribution < -0.4 is 4.74 Å². The molecule has 0 bridgehead atoms. The summed E-state index contributed by atoms with van der Waals surface area (Å²) in [6.07, 6.45) is 0.439. The van der Waals surface area contributed by atoms with Gasteiger partial charge < -0.3 is 9.47 Å². The Morgan fingerprint density at radius 1 is 1.54 bits per heavy atom. The molecule has 0 aromatic heterocycles. The number of rotatable bonds is 4. The fourth-order valence-corrected chi connectivity index (χ4v) is 0.853. The lowest BCUT2D eigenvalue weighted by Crippen LogP contribution is -2.02. The van der Waals surface area contributed by atoms with Gasteiger partial charge in [-0.15, -0.1) is 0 Å². The summed E-state index contributed by atoms with van der Waals surface area (Å²) in [6.45, 7) is -0.0424. The Kier molecular flexibility index (Phi) is 3.40. The number of halogens is 1. The fourth-order valence-electron chi connectivity index (χ4n) is 0.853. The number of carbonyl (C=O) groups is 1. The van der Waals surface area contributed by atoms with Gasteiger partial charge >= 0.3 is 0 Å². The summed E-state index contributed by atoms with van der Waals surface area (Å²) in [6, 6.07) is 4.35. The van der Waals surface area contributed by atoms with E-state index in [-0.39, 0.29) is 18.1 Å². The zero-order valence-corrected chi connectivity index (χ0v) is 7.12. The standard InChI is InChI=1S/C9H9FO3/c1-12-6-13-8-4-2-3-7(5-11)9(8)10/h2-5H,6H2,1H3. The van der Waals surface area contributed by atoms with Gasteiger partial charge in [0.05, 0.1) is 5.56 Å². The van der Waals surface area contributed by atoms with Crippen molar-refractivity contribution in [3.63, 3.8) is 0 Å². The van der Waals surface area contributed by atoms with E-state index in [1.54, 1.807) is 0 Å². The molecule has 1 aromatic rings. The summed E-state index contributed by atoms with van der Waals surface area (Å²) in [7, 11) is 1.43. The van der Waals surface area contributed by atoms with Crippen LogP contribution in [0.5, 0.6) is 5.75 Å². The summed E-state index contributed by atoms with van der Waals surface area (Å²) in [5.74, 6) is -0.638. The normalized spacial score (nSPS) is 9.69. The van der Waals surface area contributed by atoms with Crippen molar-refractivity contribution >= 4 is 6.29 Å². The molecule has 4 heteroatoms. The van der Waals surface area contributed by atoms with Gasteiger partial charge in [-0.1, -0.05) is 6.07 Å². The Balaban J connectivity index is 2.87. The fraction of sp³-hybridized carbons (Fsp3) is 0.222. The van der Waals surface area contributed by atoms with Crippen molar-refractivity contribution in [3.8, 4) is 5.75 Å². The maximum Gasteiger partial charge on any atom is 0.188 e. The van der Waals surface area contributed by atoms with Crippen molar-refractivity contribution in [1.82, 2.24) is 0 Å². The Morgan fingerprint density at radius 2 is 2.31 bits per heavy atom. The molecule has 0 heterocycles. The molecule has 13 heavy (non-hydrogen) atoms. The Morgan fingerprint density at radius 3 is 2.92 bits per heavy atom. The molecule has 0 unspecified atom stereocenters. The van der Waals surface area contributed by atoms with Crippen molar-refractivity contribution in [3.05, 3.63) is 29.6 Å². The second-order valence-electron chi connectivity index (χ2n) is 2.33. The molecule has 1 aromatic carbocycles. The van der Waals surface area contributed by atoms with Gasteiger partial charge in [0.2, 0.25) is 0 Å². The van der Waals surface area contributed by atoms with Crippen LogP contribution in [-0.2, 0) is 4.74 Å². The quantitative estimate of drug-likeness (QED) is 0.527. The molecule has 0 N–H and O–H groups in total. The second kappa shape index (κ2) is 4.57. The van der Waals surface area contributed by atoms with Crippen molar-refractivity contribution < 1.29 is 18.7 Å². The van der Waals surface area contributed by atoms with Gasteiger partial charge in [0.1, 0.15) is 0 Å². The van der Waals surface area contributed by atoms with E-state index in [2.05, 4.69) is 4.74 Å². The van der Waals surface area contributed by atoms with Crippen LogP contribution in [0.1, 0.15) is 10.4 Å². The van der Waals surface area contributed by atoms with Gasteiger partial charge in [0.15, 0.2) is 24.6 Å². The van der Waals surface area contributed by atoms with Crippen LogP contribution in [0.3, 0.4) is 0 Å². The summed E-state index contributed by atoms with van der Waals surface area (Å²) in [4.78, 5) is 10.3. The van der Waals surface area contributed by atoms with Crippen LogP contribution >= 0.6 is 0 Å². The highest BCUT2D eigenvalue weighted by molar-refractivity contribution is 5.76. The predicted molar refractivity (Wildman–Crippen MR) is 44.3 cm³/mol. The minimum Gasteiger partial charge on any atom is -0.464 e. The number of methoxy groups -OCH3 is 1. The molecular weight excluding hydrogens is 175 g/mol. The zero-order valence-electron chi connectivity index (χ0n) is 7.12. The van der Waals surface area contributed by atoms with Gasteiger partial charge in [-0.3, -0.25) is 4.79 Å². The van der Waals surface area contributed by atoms with Gasteiger partial charge in [-0.25, -0.2) is 4.39 Å². The van der Waals surface area contributed by atoms with E-state index in [1.807, 2.05) is 0 Å². The van der Waals surface area contributed by atoms with Gasteiger partial charge in [-0.2, -0.15) is 0 Å². The average molecular weight is 184 g/mol. The average Bonchev–Trinajstić information content (AvgIpc) is 2.16. The summed E-state index contributed by atoms with van der Waals surface area (Å²) in [5.41, 5.74) is -0.0198. The Bertz CT molecular complexity index is 299. The van der Waals surface area contributed by atoms with E-state index in [4.69, 9.17) is 4.74 Å². The number of carbonyl (C=O) groups excluding carboxylic acids is 1. The first-order valence-corrected chi connectivity index (χ1v) is 3.65. The smallest absolute Gasteiger partial charge is 0.188 e. The van der Waals surface area contributed by atoms with Gasteiger partial charge in [-0.05, 0) is 12.1 Å². The molecule has 0 spiro atoms. The van der Waals surface area contributed by atoms with Crippen molar-refractivity contribution in [2.45, 2.75) is 0 Å². The minimum atomic E-state index is -0.658. The summed E-state index contributed by atoms with van der Waals surface area (Å²) >= 11 is 0. The number of benzene rings is 1. The van der Waals surface area contributed by atoms with Crippen LogP contribution in [-0.4, -0.2) is 20.2 Å². The van der Waals surface area contributed by atoms with Crippen molar-refractivity contribution in [2.75, 3.05) is 13.9 Å². The molecule has 0 aliphatic carbocycles. The van der Waals surface area contributed by atoms with Crippen LogP contribution in [0.25, 0.3) is 0 Å². The first kappa shape index (κ1) is 9.67. The summed E-state index contributed by atoms with van der Waals surface area (Å²) in [5, 5.41) is 0.